The van der Waals surface area contributed by atoms with Gasteiger partial charge in [-0.3, -0.25) is 25.2 Å². The van der Waals surface area contributed by atoms with Gasteiger partial charge in [0.1, 0.15) is 0 Å². The molecule has 9 nitrogen and oxygen atoms in total. The van der Waals surface area contributed by atoms with E-state index in [2.05, 4.69) is 15.6 Å². The molecule has 10 heteroatoms. The third kappa shape index (κ3) is 6.20. The quantitative estimate of drug-likeness (QED) is 0.351. The van der Waals surface area contributed by atoms with Crippen LogP contribution in [0.5, 0.6) is 0 Å². The summed E-state index contributed by atoms with van der Waals surface area (Å²) < 4.78 is 33.2. The fourth-order valence-corrected chi connectivity index (χ4v) is 4.39. The Balaban J connectivity index is 1.63. The van der Waals surface area contributed by atoms with E-state index in [9.17, 15) is 22.8 Å². The lowest BCUT2D eigenvalue weighted by Gasteiger charge is -2.14. The zero-order valence-electron chi connectivity index (χ0n) is 18.5. The van der Waals surface area contributed by atoms with Gasteiger partial charge in [-0.05, 0) is 55.3 Å². The van der Waals surface area contributed by atoms with Gasteiger partial charge in [0.05, 0.1) is 16.1 Å². The fourth-order valence-electron chi connectivity index (χ4n) is 2.98. The number of carbonyl (C=O) groups excluding carboxylic acids is 3. The maximum Gasteiger partial charge on any atom is 0.340 e. The number of amides is 2. The van der Waals surface area contributed by atoms with Crippen LogP contribution in [-0.4, -0.2) is 32.8 Å². The van der Waals surface area contributed by atoms with Crippen LogP contribution in [0.2, 0.25) is 0 Å². The molecule has 0 spiro atoms. The molecule has 176 valence electrons. The van der Waals surface area contributed by atoms with Crippen LogP contribution in [0.15, 0.2) is 77.7 Å². The average Bonchev–Trinajstić information content (AvgIpc) is 2.83. The van der Waals surface area contributed by atoms with E-state index >= 15 is 0 Å². The minimum atomic E-state index is -3.98. The summed E-state index contributed by atoms with van der Waals surface area (Å²) in [7, 11) is -3.98. The first kappa shape index (κ1) is 24.5. The van der Waals surface area contributed by atoms with Gasteiger partial charge < -0.3 is 4.74 Å². The molecule has 3 aromatic rings. The number of ether oxygens (including phenoxy) is 1. The van der Waals surface area contributed by atoms with E-state index in [-0.39, 0.29) is 16.1 Å². The Bertz CT molecular complexity index is 1320. The summed E-state index contributed by atoms with van der Waals surface area (Å²) >= 11 is 0. The van der Waals surface area contributed by atoms with Crippen molar-refractivity contribution in [3.8, 4) is 0 Å². The van der Waals surface area contributed by atoms with Gasteiger partial charge >= 0.3 is 5.97 Å². The molecule has 34 heavy (non-hydrogen) atoms. The Labute approximate surface area is 197 Å². The minimum Gasteiger partial charge on any atom is -0.452 e. The monoisotopic (exact) mass is 481 g/mol. The van der Waals surface area contributed by atoms with E-state index in [1.165, 1.54) is 24.3 Å². The Morgan fingerprint density at radius 1 is 0.853 bits per heavy atom. The standard InChI is InChI=1S/C24H23N3O6S/c1-16-12-13-17(2)21(14-16)34(31,32)27-20-11-7-6-10-19(20)24(30)33-15-22(28)25-26-23(29)18-8-4-3-5-9-18/h3-14,27H,15H2,1-2H3,(H,25,28)(H,26,29). The number of hydrogen-bond donors (Lipinski definition) is 3. The summed E-state index contributed by atoms with van der Waals surface area (Å²) in [5.74, 6) is -2.22. The van der Waals surface area contributed by atoms with E-state index in [1.807, 2.05) is 0 Å². The summed E-state index contributed by atoms with van der Waals surface area (Å²) in [4.78, 5) is 36.6. The van der Waals surface area contributed by atoms with Gasteiger partial charge in [-0.2, -0.15) is 0 Å². The Morgan fingerprint density at radius 3 is 2.26 bits per heavy atom. The molecule has 3 aromatic carbocycles. The van der Waals surface area contributed by atoms with Crippen LogP contribution < -0.4 is 15.6 Å². The number of anilines is 1. The number of benzene rings is 3. The van der Waals surface area contributed by atoms with Gasteiger partial charge in [-0.15, -0.1) is 0 Å². The highest BCUT2D eigenvalue weighted by Crippen LogP contribution is 2.23. The molecule has 0 bridgehead atoms. The van der Waals surface area contributed by atoms with E-state index in [0.29, 0.717) is 11.1 Å². The molecule has 0 aliphatic carbocycles. The largest absolute Gasteiger partial charge is 0.452 e. The Kier molecular flexibility index (Phi) is 7.64. The van der Waals surface area contributed by atoms with Crippen LogP contribution >= 0.6 is 0 Å². The maximum atomic E-state index is 12.9. The third-order valence-electron chi connectivity index (χ3n) is 4.71. The van der Waals surface area contributed by atoms with Crippen molar-refractivity contribution in [1.29, 1.82) is 0 Å². The predicted octanol–water partition coefficient (Wildman–Crippen LogP) is 2.72. The van der Waals surface area contributed by atoms with Gasteiger partial charge in [-0.1, -0.05) is 42.5 Å². The molecule has 3 N–H and O–H groups in total. The Hall–Kier alpha value is -4.18. The minimum absolute atomic E-state index is 0.00574. The van der Waals surface area contributed by atoms with Gasteiger partial charge in [0, 0.05) is 5.56 Å². The average molecular weight is 482 g/mol. The normalized spacial score (nSPS) is 10.8. The molecular formula is C24H23N3O6S. The molecule has 0 aliphatic heterocycles. The lowest BCUT2D eigenvalue weighted by Crippen LogP contribution is -2.43. The van der Waals surface area contributed by atoms with Crippen molar-refractivity contribution in [3.05, 3.63) is 95.1 Å². The lowest BCUT2D eigenvalue weighted by molar-refractivity contribution is -0.125. The zero-order valence-corrected chi connectivity index (χ0v) is 19.3. The second kappa shape index (κ2) is 10.6. The summed E-state index contributed by atoms with van der Waals surface area (Å²) in [5.41, 5.74) is 5.95. The van der Waals surface area contributed by atoms with Gasteiger partial charge in [-0.25, -0.2) is 13.2 Å². The number of nitrogens with one attached hydrogen (secondary N) is 3. The number of carbonyl (C=O) groups is 3. The van der Waals surface area contributed by atoms with Crippen LogP contribution in [-0.2, 0) is 19.6 Å². The van der Waals surface area contributed by atoms with Crippen LogP contribution in [0.1, 0.15) is 31.8 Å². The molecule has 0 aromatic heterocycles. The van der Waals surface area contributed by atoms with Crippen molar-refractivity contribution in [2.75, 3.05) is 11.3 Å². The SMILES string of the molecule is Cc1ccc(C)c(S(=O)(=O)Nc2ccccc2C(=O)OCC(=O)NNC(=O)c2ccccc2)c1. The highest BCUT2D eigenvalue weighted by molar-refractivity contribution is 7.92. The maximum absolute atomic E-state index is 12.9. The molecule has 0 saturated heterocycles. The first-order valence-corrected chi connectivity index (χ1v) is 11.7. The zero-order chi connectivity index (χ0) is 24.7. The molecule has 0 radical (unpaired) electrons. The second-order valence-corrected chi connectivity index (χ2v) is 9.02. The molecule has 0 fully saturated rings. The smallest absolute Gasteiger partial charge is 0.340 e. The van der Waals surface area contributed by atoms with Crippen LogP contribution in [0.25, 0.3) is 0 Å². The number of sulfonamides is 1. The first-order valence-electron chi connectivity index (χ1n) is 10.2. The van der Waals surface area contributed by atoms with Crippen molar-refractivity contribution in [2.45, 2.75) is 18.7 Å². The number of aryl methyl sites for hydroxylation is 2. The van der Waals surface area contributed by atoms with Crippen molar-refractivity contribution in [3.63, 3.8) is 0 Å². The molecular weight excluding hydrogens is 458 g/mol. The first-order chi connectivity index (χ1) is 16.2. The van der Waals surface area contributed by atoms with Crippen LogP contribution in [0, 0.1) is 13.8 Å². The van der Waals surface area contributed by atoms with Crippen LogP contribution in [0.4, 0.5) is 5.69 Å². The van der Waals surface area contributed by atoms with E-state index in [1.54, 1.807) is 62.4 Å². The molecule has 0 saturated carbocycles. The number of hydrazine groups is 1. The van der Waals surface area contributed by atoms with Crippen molar-refractivity contribution >= 4 is 33.5 Å². The second-order valence-electron chi connectivity index (χ2n) is 7.36. The van der Waals surface area contributed by atoms with Crippen molar-refractivity contribution in [2.24, 2.45) is 0 Å². The molecule has 0 atom stereocenters. The summed E-state index contributed by atoms with van der Waals surface area (Å²) in [6.07, 6.45) is 0. The molecule has 0 aliphatic rings. The third-order valence-corrected chi connectivity index (χ3v) is 6.22. The van der Waals surface area contributed by atoms with Gasteiger partial charge in [0.25, 0.3) is 21.8 Å². The van der Waals surface area contributed by atoms with Crippen molar-refractivity contribution < 1.29 is 27.5 Å². The molecule has 0 unspecified atom stereocenters. The van der Waals surface area contributed by atoms with E-state index in [4.69, 9.17) is 4.74 Å². The Morgan fingerprint density at radius 2 is 1.53 bits per heavy atom. The number of rotatable bonds is 7. The predicted molar refractivity (Wildman–Crippen MR) is 125 cm³/mol. The molecule has 2 amide bonds. The van der Waals surface area contributed by atoms with E-state index < -0.39 is 34.4 Å². The topological polar surface area (TPSA) is 131 Å². The number of hydrogen-bond acceptors (Lipinski definition) is 6. The van der Waals surface area contributed by atoms with E-state index in [0.717, 1.165) is 5.56 Å². The van der Waals surface area contributed by atoms with Crippen LogP contribution in [0.3, 0.4) is 0 Å². The fraction of sp³-hybridized carbons (Fsp3) is 0.125. The lowest BCUT2D eigenvalue weighted by atomic mass is 10.2. The highest BCUT2D eigenvalue weighted by atomic mass is 32.2. The molecule has 0 heterocycles. The number of para-hydroxylation sites is 1. The van der Waals surface area contributed by atoms with Gasteiger partial charge in [0.15, 0.2) is 6.61 Å². The number of esters is 1. The highest BCUT2D eigenvalue weighted by Gasteiger charge is 2.21. The summed E-state index contributed by atoms with van der Waals surface area (Å²) in [5, 5.41) is 0. The van der Waals surface area contributed by atoms with Crippen molar-refractivity contribution in [1.82, 2.24) is 10.9 Å². The summed E-state index contributed by atoms with van der Waals surface area (Å²) in [6.45, 7) is 2.76. The van der Waals surface area contributed by atoms with Gasteiger partial charge in [0.2, 0.25) is 0 Å². The summed E-state index contributed by atoms with van der Waals surface area (Å²) in [6, 6.07) is 19.1. The molecule has 3 rings (SSSR count).